The first-order valence-electron chi connectivity index (χ1n) is 5.03. The normalized spacial score (nSPS) is 11.1. The lowest BCUT2D eigenvalue weighted by molar-refractivity contribution is -0.137. The van der Waals surface area contributed by atoms with Gasteiger partial charge >= 0.3 is 5.97 Å². The number of alkyl halides is 1. The summed E-state index contributed by atoms with van der Waals surface area (Å²) in [5.74, 6) is 0.509. The molecule has 92 valence electrons. The molecule has 0 aliphatic carbocycles. The minimum absolute atomic E-state index is 0.330. The Bertz CT molecular complexity index is 418. The van der Waals surface area contributed by atoms with Crippen molar-refractivity contribution in [2.75, 3.05) is 11.9 Å². The standard InChI is InChI=1S/C12H12BrClO3/c1-2-16-12(15)7-9(8-13)17-11-6-4-3-5-10(11)14/h3-7H,2,8H2,1H3/b9-7-. The van der Waals surface area contributed by atoms with Gasteiger partial charge in [-0.3, -0.25) is 0 Å². The molecule has 17 heavy (non-hydrogen) atoms. The molecule has 0 bridgehead atoms. The Morgan fingerprint density at radius 1 is 1.47 bits per heavy atom. The van der Waals surface area contributed by atoms with E-state index in [4.69, 9.17) is 21.1 Å². The van der Waals surface area contributed by atoms with Crippen LogP contribution < -0.4 is 4.74 Å². The number of ether oxygens (including phenoxy) is 2. The van der Waals surface area contributed by atoms with Gasteiger partial charge in [0.05, 0.1) is 23.0 Å². The van der Waals surface area contributed by atoms with Crippen LogP contribution in [0.15, 0.2) is 36.1 Å². The van der Waals surface area contributed by atoms with E-state index in [0.717, 1.165) is 0 Å². The van der Waals surface area contributed by atoms with Gasteiger partial charge in [0, 0.05) is 0 Å². The number of halogens is 2. The number of carbonyl (C=O) groups excluding carboxylic acids is 1. The zero-order valence-electron chi connectivity index (χ0n) is 9.28. The van der Waals surface area contributed by atoms with Gasteiger partial charge < -0.3 is 9.47 Å². The summed E-state index contributed by atoms with van der Waals surface area (Å²) in [5, 5.41) is 0.889. The predicted molar refractivity (Wildman–Crippen MR) is 70.6 cm³/mol. The molecule has 5 heteroatoms. The van der Waals surface area contributed by atoms with Gasteiger partial charge in [0.2, 0.25) is 0 Å². The smallest absolute Gasteiger partial charge is 0.334 e. The molecular formula is C12H12BrClO3. The Kier molecular flexibility index (Phi) is 6.08. The summed E-state index contributed by atoms with van der Waals surface area (Å²) in [6.45, 7) is 2.07. The minimum atomic E-state index is -0.436. The van der Waals surface area contributed by atoms with Crippen molar-refractivity contribution in [3.05, 3.63) is 41.1 Å². The third-order valence-corrected chi connectivity index (χ3v) is 2.64. The highest BCUT2D eigenvalue weighted by atomic mass is 79.9. The molecule has 0 saturated heterocycles. The summed E-state index contributed by atoms with van der Waals surface area (Å²) in [4.78, 5) is 11.3. The number of rotatable bonds is 5. The lowest BCUT2D eigenvalue weighted by atomic mass is 10.3. The van der Waals surface area contributed by atoms with E-state index in [0.29, 0.717) is 28.5 Å². The highest BCUT2D eigenvalue weighted by Gasteiger charge is 2.06. The minimum Gasteiger partial charge on any atom is -0.463 e. The van der Waals surface area contributed by atoms with Crippen molar-refractivity contribution in [1.29, 1.82) is 0 Å². The number of allylic oxidation sites excluding steroid dienone is 1. The molecule has 0 aromatic heterocycles. The molecular weight excluding hydrogens is 307 g/mol. The topological polar surface area (TPSA) is 35.5 Å². The van der Waals surface area contributed by atoms with E-state index in [1.54, 1.807) is 31.2 Å². The van der Waals surface area contributed by atoms with Crippen molar-refractivity contribution >= 4 is 33.5 Å². The van der Waals surface area contributed by atoms with E-state index < -0.39 is 5.97 Å². The Morgan fingerprint density at radius 3 is 2.76 bits per heavy atom. The number of hydrogen-bond acceptors (Lipinski definition) is 3. The van der Waals surface area contributed by atoms with Crippen LogP contribution in [0, 0.1) is 0 Å². The van der Waals surface area contributed by atoms with Gasteiger partial charge in [-0.15, -0.1) is 0 Å². The second kappa shape index (κ2) is 7.35. The van der Waals surface area contributed by atoms with E-state index >= 15 is 0 Å². The number of benzene rings is 1. The molecule has 0 heterocycles. The van der Waals surface area contributed by atoms with Crippen LogP contribution in [0.4, 0.5) is 0 Å². The Hall–Kier alpha value is -1.00. The summed E-state index contributed by atoms with van der Waals surface area (Å²) in [7, 11) is 0. The van der Waals surface area contributed by atoms with Crippen LogP contribution in [0.5, 0.6) is 5.75 Å². The fraction of sp³-hybridized carbons (Fsp3) is 0.250. The van der Waals surface area contributed by atoms with Crippen molar-refractivity contribution in [2.24, 2.45) is 0 Å². The van der Waals surface area contributed by atoms with E-state index in [9.17, 15) is 4.79 Å². The van der Waals surface area contributed by atoms with Crippen molar-refractivity contribution < 1.29 is 14.3 Å². The van der Waals surface area contributed by atoms with Crippen molar-refractivity contribution in [3.63, 3.8) is 0 Å². The first kappa shape index (κ1) is 14.1. The Balaban J connectivity index is 2.77. The molecule has 0 aliphatic heterocycles. The van der Waals surface area contributed by atoms with E-state index in [1.165, 1.54) is 6.08 Å². The molecule has 0 fully saturated rings. The summed E-state index contributed by atoms with van der Waals surface area (Å²) in [5.41, 5.74) is 0. The summed E-state index contributed by atoms with van der Waals surface area (Å²) < 4.78 is 10.3. The largest absolute Gasteiger partial charge is 0.463 e. The first-order chi connectivity index (χ1) is 8.17. The van der Waals surface area contributed by atoms with Crippen LogP contribution in [0.25, 0.3) is 0 Å². The Labute approximate surface area is 113 Å². The van der Waals surface area contributed by atoms with E-state index in [2.05, 4.69) is 15.9 Å². The third kappa shape index (κ3) is 4.79. The van der Waals surface area contributed by atoms with Crippen molar-refractivity contribution in [2.45, 2.75) is 6.92 Å². The zero-order chi connectivity index (χ0) is 12.7. The fourth-order valence-electron chi connectivity index (χ4n) is 1.08. The highest BCUT2D eigenvalue weighted by Crippen LogP contribution is 2.25. The highest BCUT2D eigenvalue weighted by molar-refractivity contribution is 9.09. The van der Waals surface area contributed by atoms with Crippen molar-refractivity contribution in [1.82, 2.24) is 0 Å². The van der Waals surface area contributed by atoms with Gasteiger partial charge in [-0.1, -0.05) is 39.7 Å². The molecule has 0 unspecified atom stereocenters. The summed E-state index contributed by atoms with van der Waals surface area (Å²) in [6, 6.07) is 7.05. The molecule has 0 radical (unpaired) electrons. The van der Waals surface area contributed by atoms with Gasteiger partial charge in [-0.2, -0.15) is 0 Å². The predicted octanol–water partition coefficient (Wildman–Crippen LogP) is 3.56. The van der Waals surface area contributed by atoms with Crippen LogP contribution in [0.2, 0.25) is 5.02 Å². The lowest BCUT2D eigenvalue weighted by Crippen LogP contribution is -2.05. The van der Waals surface area contributed by atoms with Crippen molar-refractivity contribution in [3.8, 4) is 5.75 Å². The molecule has 3 nitrogen and oxygen atoms in total. The number of carbonyl (C=O) groups is 1. The second-order valence-electron chi connectivity index (χ2n) is 3.03. The third-order valence-electron chi connectivity index (χ3n) is 1.77. The quantitative estimate of drug-likeness (QED) is 0.360. The zero-order valence-corrected chi connectivity index (χ0v) is 11.6. The summed E-state index contributed by atoms with van der Waals surface area (Å²) >= 11 is 9.17. The second-order valence-corrected chi connectivity index (χ2v) is 4.00. The molecule has 0 saturated carbocycles. The SMILES string of the molecule is CCOC(=O)/C=C(/CBr)Oc1ccccc1Cl. The maximum absolute atomic E-state index is 11.3. The van der Waals surface area contributed by atoms with Gasteiger partial charge in [-0.25, -0.2) is 4.79 Å². The van der Waals surface area contributed by atoms with Gasteiger partial charge in [0.15, 0.2) is 0 Å². The van der Waals surface area contributed by atoms with Crippen LogP contribution in [0.3, 0.4) is 0 Å². The molecule has 0 atom stereocenters. The van der Waals surface area contributed by atoms with Crippen LogP contribution in [-0.2, 0) is 9.53 Å². The lowest BCUT2D eigenvalue weighted by Gasteiger charge is -2.08. The maximum Gasteiger partial charge on any atom is 0.334 e. The molecule has 0 amide bonds. The molecule has 1 aromatic carbocycles. The van der Waals surface area contributed by atoms with E-state index in [-0.39, 0.29) is 0 Å². The maximum atomic E-state index is 11.3. The first-order valence-corrected chi connectivity index (χ1v) is 6.53. The number of hydrogen-bond donors (Lipinski definition) is 0. The average Bonchev–Trinajstić information content (AvgIpc) is 2.31. The monoisotopic (exact) mass is 318 g/mol. The number of esters is 1. The Morgan fingerprint density at radius 2 is 2.18 bits per heavy atom. The van der Waals surface area contributed by atoms with Crippen LogP contribution in [-0.4, -0.2) is 17.9 Å². The summed E-state index contributed by atoms with van der Waals surface area (Å²) in [6.07, 6.45) is 1.29. The molecule has 0 aliphatic rings. The number of para-hydroxylation sites is 1. The average molecular weight is 320 g/mol. The van der Waals surface area contributed by atoms with Gasteiger partial charge in [0.25, 0.3) is 0 Å². The fourth-order valence-corrected chi connectivity index (χ4v) is 1.53. The van der Waals surface area contributed by atoms with Crippen LogP contribution >= 0.6 is 27.5 Å². The molecule has 0 N–H and O–H groups in total. The van der Waals surface area contributed by atoms with Gasteiger partial charge in [-0.05, 0) is 19.1 Å². The van der Waals surface area contributed by atoms with Gasteiger partial charge in [0.1, 0.15) is 11.5 Å². The molecule has 1 rings (SSSR count). The van der Waals surface area contributed by atoms with E-state index in [1.807, 2.05) is 0 Å². The molecule has 0 spiro atoms. The molecule has 1 aromatic rings. The van der Waals surface area contributed by atoms with Crippen LogP contribution in [0.1, 0.15) is 6.92 Å².